The standard InChI is InChI=1S/C24H32O3Si/c1-13-11-18-20(25)19-12-14(2)21(27-28(9,10)24(6,7)8)17(5)23(19)26-22(18)16(4)15(13)3/h11-12H,1-10H3. The Labute approximate surface area is 168 Å². The van der Waals surface area contributed by atoms with Crippen molar-refractivity contribution < 1.29 is 8.84 Å². The number of hydrogen-bond donors (Lipinski definition) is 0. The summed E-state index contributed by atoms with van der Waals surface area (Å²) in [5.74, 6) is 0.864. The highest BCUT2D eigenvalue weighted by molar-refractivity contribution is 6.74. The van der Waals surface area contributed by atoms with Crippen LogP contribution in [0.25, 0.3) is 21.9 Å². The summed E-state index contributed by atoms with van der Waals surface area (Å²) in [7, 11) is -2.01. The Bertz CT molecular complexity index is 1160. The van der Waals surface area contributed by atoms with Gasteiger partial charge in [0, 0.05) is 5.56 Å². The van der Waals surface area contributed by atoms with Crippen molar-refractivity contribution in [3.63, 3.8) is 0 Å². The van der Waals surface area contributed by atoms with Crippen molar-refractivity contribution in [2.24, 2.45) is 0 Å². The van der Waals surface area contributed by atoms with Crippen LogP contribution in [-0.4, -0.2) is 8.32 Å². The molecule has 2 aromatic carbocycles. The first-order valence-electron chi connectivity index (χ1n) is 9.93. The predicted molar refractivity (Wildman–Crippen MR) is 122 cm³/mol. The molecule has 0 radical (unpaired) electrons. The minimum absolute atomic E-state index is 0.0347. The summed E-state index contributed by atoms with van der Waals surface area (Å²) in [6.45, 7) is 21.3. The van der Waals surface area contributed by atoms with Gasteiger partial charge in [-0.15, -0.1) is 0 Å². The Hall–Kier alpha value is -2.07. The Morgan fingerprint density at radius 3 is 1.86 bits per heavy atom. The van der Waals surface area contributed by atoms with E-state index in [1.165, 1.54) is 0 Å². The van der Waals surface area contributed by atoms with Crippen LogP contribution in [0.3, 0.4) is 0 Å². The van der Waals surface area contributed by atoms with Crippen molar-refractivity contribution >= 4 is 30.3 Å². The van der Waals surface area contributed by atoms with E-state index in [0.717, 1.165) is 33.6 Å². The van der Waals surface area contributed by atoms with Gasteiger partial charge in [-0.2, -0.15) is 0 Å². The smallest absolute Gasteiger partial charge is 0.250 e. The average Bonchev–Trinajstić information content (AvgIpc) is 2.58. The lowest BCUT2D eigenvalue weighted by Crippen LogP contribution is -2.44. The molecule has 4 heteroatoms. The third kappa shape index (κ3) is 3.08. The molecule has 0 atom stereocenters. The number of fused-ring (bicyclic) bond motifs is 2. The highest BCUT2D eigenvalue weighted by atomic mass is 28.4. The van der Waals surface area contributed by atoms with E-state index in [9.17, 15) is 4.79 Å². The summed E-state index contributed by atoms with van der Waals surface area (Å²) < 4.78 is 13.0. The largest absolute Gasteiger partial charge is 0.543 e. The number of hydrogen-bond acceptors (Lipinski definition) is 3. The van der Waals surface area contributed by atoms with Gasteiger partial charge in [-0.05, 0) is 87.1 Å². The quantitative estimate of drug-likeness (QED) is 0.350. The van der Waals surface area contributed by atoms with Gasteiger partial charge in [-0.25, -0.2) is 0 Å². The molecule has 0 bridgehead atoms. The SMILES string of the molecule is Cc1cc2c(=O)c3cc(C)c(O[Si](C)(C)C(C)(C)C)c(C)c3oc2c(C)c1C. The second kappa shape index (κ2) is 6.48. The van der Waals surface area contributed by atoms with Crippen molar-refractivity contribution in [1.29, 1.82) is 0 Å². The fourth-order valence-corrected chi connectivity index (χ4v) is 4.55. The molecule has 1 aromatic heterocycles. The van der Waals surface area contributed by atoms with Gasteiger partial charge in [-0.3, -0.25) is 4.79 Å². The van der Waals surface area contributed by atoms with Crippen LogP contribution in [-0.2, 0) is 0 Å². The molecule has 3 rings (SSSR count). The third-order valence-electron chi connectivity index (χ3n) is 6.60. The summed E-state index contributed by atoms with van der Waals surface area (Å²) in [5.41, 5.74) is 6.57. The van der Waals surface area contributed by atoms with Crippen LogP contribution in [0.5, 0.6) is 5.75 Å². The summed E-state index contributed by atoms with van der Waals surface area (Å²) in [6, 6.07) is 3.88. The van der Waals surface area contributed by atoms with Crippen molar-refractivity contribution in [1.82, 2.24) is 0 Å². The van der Waals surface area contributed by atoms with E-state index >= 15 is 0 Å². The minimum atomic E-state index is -2.01. The van der Waals surface area contributed by atoms with Gasteiger partial charge in [0.2, 0.25) is 5.43 Å². The van der Waals surface area contributed by atoms with Gasteiger partial charge in [-0.1, -0.05) is 20.8 Å². The second-order valence-corrected chi connectivity index (χ2v) is 14.4. The first kappa shape index (κ1) is 20.7. The van der Waals surface area contributed by atoms with Crippen LogP contribution < -0.4 is 9.85 Å². The van der Waals surface area contributed by atoms with E-state index < -0.39 is 8.32 Å². The van der Waals surface area contributed by atoms with Crippen molar-refractivity contribution in [3.05, 3.63) is 50.2 Å². The Kier molecular flexibility index (Phi) is 4.78. The lowest BCUT2D eigenvalue weighted by molar-refractivity contribution is 0.485. The van der Waals surface area contributed by atoms with Crippen LogP contribution in [0.4, 0.5) is 0 Å². The maximum absolute atomic E-state index is 13.3. The molecule has 0 unspecified atom stereocenters. The maximum Gasteiger partial charge on any atom is 0.250 e. The molecule has 0 spiro atoms. The van der Waals surface area contributed by atoms with Gasteiger partial charge in [0.25, 0.3) is 8.32 Å². The van der Waals surface area contributed by atoms with Crippen molar-refractivity contribution in [2.75, 3.05) is 0 Å². The molecule has 3 nitrogen and oxygen atoms in total. The fourth-order valence-electron chi connectivity index (χ4n) is 3.42. The third-order valence-corrected chi connectivity index (χ3v) is 10.9. The highest BCUT2D eigenvalue weighted by Gasteiger charge is 2.39. The Morgan fingerprint density at radius 1 is 0.821 bits per heavy atom. The average molecular weight is 397 g/mol. The molecule has 0 aliphatic heterocycles. The Balaban J connectivity index is 2.37. The van der Waals surface area contributed by atoms with E-state index in [2.05, 4.69) is 40.8 Å². The molecule has 150 valence electrons. The van der Waals surface area contributed by atoms with Crippen LogP contribution in [0.1, 0.15) is 48.6 Å². The summed E-state index contributed by atoms with van der Waals surface area (Å²) in [4.78, 5) is 13.3. The second-order valence-electron chi connectivity index (χ2n) is 9.64. The van der Waals surface area contributed by atoms with Gasteiger partial charge in [0.1, 0.15) is 16.9 Å². The lowest BCUT2D eigenvalue weighted by atomic mass is 9.98. The number of aryl methyl sites for hydroxylation is 4. The van der Waals surface area contributed by atoms with E-state index in [1.807, 2.05) is 39.8 Å². The lowest BCUT2D eigenvalue weighted by Gasteiger charge is -2.37. The topological polar surface area (TPSA) is 39.4 Å². The fraction of sp³-hybridized carbons (Fsp3) is 0.458. The summed E-state index contributed by atoms with van der Waals surface area (Å²) in [6.07, 6.45) is 0. The van der Waals surface area contributed by atoms with Gasteiger partial charge in [0.05, 0.1) is 10.8 Å². The summed E-state index contributed by atoms with van der Waals surface area (Å²) >= 11 is 0. The monoisotopic (exact) mass is 396 g/mol. The molecule has 3 aromatic rings. The molecule has 0 N–H and O–H groups in total. The highest BCUT2D eigenvalue weighted by Crippen LogP contribution is 2.41. The molecule has 0 saturated heterocycles. The van der Waals surface area contributed by atoms with Crippen LogP contribution in [0, 0.1) is 34.6 Å². The van der Waals surface area contributed by atoms with Crippen LogP contribution in [0.2, 0.25) is 18.1 Å². The first-order chi connectivity index (χ1) is 12.8. The van der Waals surface area contributed by atoms with Crippen molar-refractivity contribution in [3.8, 4) is 5.75 Å². The molecular formula is C24H32O3Si. The normalized spacial score (nSPS) is 12.8. The zero-order valence-corrected chi connectivity index (χ0v) is 19.9. The van der Waals surface area contributed by atoms with Gasteiger partial charge < -0.3 is 8.84 Å². The number of benzene rings is 2. The first-order valence-corrected chi connectivity index (χ1v) is 12.8. The maximum atomic E-state index is 13.3. The molecule has 0 fully saturated rings. The van der Waals surface area contributed by atoms with E-state index in [0.29, 0.717) is 21.9 Å². The number of rotatable bonds is 2. The molecule has 0 aliphatic carbocycles. The molecule has 1 heterocycles. The Morgan fingerprint density at radius 2 is 1.32 bits per heavy atom. The van der Waals surface area contributed by atoms with Crippen LogP contribution in [0.15, 0.2) is 21.3 Å². The zero-order valence-electron chi connectivity index (χ0n) is 18.9. The van der Waals surface area contributed by atoms with E-state index in [1.54, 1.807) is 0 Å². The zero-order chi connectivity index (χ0) is 21.2. The molecule has 0 saturated carbocycles. The summed E-state index contributed by atoms with van der Waals surface area (Å²) in [5, 5.41) is 1.38. The van der Waals surface area contributed by atoms with Crippen LogP contribution >= 0.6 is 0 Å². The van der Waals surface area contributed by atoms with E-state index in [-0.39, 0.29) is 10.5 Å². The van der Waals surface area contributed by atoms with Gasteiger partial charge in [0.15, 0.2) is 0 Å². The van der Waals surface area contributed by atoms with E-state index in [4.69, 9.17) is 8.84 Å². The van der Waals surface area contributed by atoms with Gasteiger partial charge >= 0.3 is 0 Å². The molecule has 0 amide bonds. The van der Waals surface area contributed by atoms with Crippen molar-refractivity contribution in [2.45, 2.75) is 73.5 Å². The minimum Gasteiger partial charge on any atom is -0.543 e. The predicted octanol–water partition coefficient (Wildman–Crippen LogP) is 6.87. The molecule has 28 heavy (non-hydrogen) atoms. The molecule has 0 aliphatic rings. The molecular weight excluding hydrogens is 364 g/mol.